The lowest BCUT2D eigenvalue weighted by atomic mass is 9.85. The van der Waals surface area contributed by atoms with E-state index in [0.29, 0.717) is 18.5 Å². The highest BCUT2D eigenvalue weighted by Gasteiger charge is 2.46. The summed E-state index contributed by atoms with van der Waals surface area (Å²) in [5.41, 5.74) is 1.83. The maximum Gasteiger partial charge on any atom is 0.233 e. The summed E-state index contributed by atoms with van der Waals surface area (Å²) in [6.07, 6.45) is 5.28. The van der Waals surface area contributed by atoms with Gasteiger partial charge < -0.3 is 10.2 Å². The average molecular weight is 369 g/mol. The van der Waals surface area contributed by atoms with Crippen LogP contribution in [0.5, 0.6) is 0 Å². The van der Waals surface area contributed by atoms with Crippen LogP contribution in [0.15, 0.2) is 36.4 Å². The van der Waals surface area contributed by atoms with Crippen molar-refractivity contribution in [2.45, 2.75) is 33.1 Å². The van der Waals surface area contributed by atoms with Crippen LogP contribution < -0.4 is 10.2 Å². The van der Waals surface area contributed by atoms with Crippen LogP contribution >= 0.6 is 0 Å². The van der Waals surface area contributed by atoms with Crippen molar-refractivity contribution in [2.75, 3.05) is 29.9 Å². The first kappa shape index (κ1) is 19.1. The molecule has 144 valence electrons. The Balaban J connectivity index is 1.53. The molecule has 1 aromatic carbocycles. The molecule has 6 nitrogen and oxygen atoms in total. The molecule has 0 spiro atoms. The van der Waals surface area contributed by atoms with Crippen LogP contribution in [-0.2, 0) is 14.4 Å². The van der Waals surface area contributed by atoms with Gasteiger partial charge in [0.25, 0.3) is 0 Å². The van der Waals surface area contributed by atoms with E-state index in [-0.39, 0.29) is 42.5 Å². The van der Waals surface area contributed by atoms with Gasteiger partial charge in [0.05, 0.1) is 11.8 Å². The van der Waals surface area contributed by atoms with Crippen molar-refractivity contribution in [3.05, 3.63) is 36.4 Å². The maximum atomic E-state index is 12.4. The summed E-state index contributed by atoms with van der Waals surface area (Å²) in [6.45, 7) is 6.21. The molecule has 2 aliphatic rings. The molecule has 1 saturated heterocycles. The number of rotatable bonds is 7. The van der Waals surface area contributed by atoms with E-state index in [9.17, 15) is 14.4 Å². The fraction of sp³-hybridized carbons (Fsp3) is 0.476. The Bertz CT molecular complexity index is 712. The summed E-state index contributed by atoms with van der Waals surface area (Å²) in [7, 11) is 0. The average Bonchev–Trinajstić information content (AvgIpc) is 2.93. The molecule has 6 heteroatoms. The number of nitrogens with one attached hydrogen (secondary N) is 1. The number of hydrogen-bond acceptors (Lipinski definition) is 4. The molecule has 3 rings (SSSR count). The molecule has 2 atom stereocenters. The summed E-state index contributed by atoms with van der Waals surface area (Å²) in [5.74, 6) is -0.938. The maximum absolute atomic E-state index is 12.4. The summed E-state index contributed by atoms with van der Waals surface area (Å²) in [5, 5.41) is 2.84. The van der Waals surface area contributed by atoms with Gasteiger partial charge in [0.2, 0.25) is 17.7 Å². The fourth-order valence-corrected chi connectivity index (χ4v) is 3.87. The number of benzene rings is 1. The van der Waals surface area contributed by atoms with Crippen molar-refractivity contribution in [1.29, 1.82) is 0 Å². The standard InChI is InChI=1S/C21H27N3O3/c1-3-23(4-2)16-11-9-15(10-12-16)22-19(25)13-14-24-20(26)17-7-5-6-8-18(17)21(24)27/h5-6,9-12,17-18H,3-4,7-8,13-14H2,1-2H3,(H,22,25)/t17-,18-/m1/s1. The normalized spacial score (nSPS) is 21.3. The molecule has 0 bridgehead atoms. The molecule has 27 heavy (non-hydrogen) atoms. The lowest BCUT2D eigenvalue weighted by molar-refractivity contribution is -0.140. The highest BCUT2D eigenvalue weighted by atomic mass is 16.2. The number of hydrogen-bond donors (Lipinski definition) is 1. The van der Waals surface area contributed by atoms with Gasteiger partial charge in [-0.2, -0.15) is 0 Å². The van der Waals surface area contributed by atoms with Gasteiger partial charge in [-0.25, -0.2) is 0 Å². The molecule has 1 aromatic rings. The third-order valence-electron chi connectivity index (χ3n) is 5.44. The van der Waals surface area contributed by atoms with Gasteiger partial charge in [-0.3, -0.25) is 19.3 Å². The van der Waals surface area contributed by atoms with E-state index in [1.807, 2.05) is 36.4 Å². The smallest absolute Gasteiger partial charge is 0.233 e. The first-order valence-corrected chi connectivity index (χ1v) is 9.70. The molecule has 1 aliphatic carbocycles. The van der Waals surface area contributed by atoms with Crippen LogP contribution in [-0.4, -0.2) is 42.3 Å². The number of nitrogens with zero attached hydrogens (tertiary/aromatic N) is 2. The minimum Gasteiger partial charge on any atom is -0.372 e. The zero-order chi connectivity index (χ0) is 19.4. The molecule has 1 fully saturated rings. The quantitative estimate of drug-likeness (QED) is 0.593. The van der Waals surface area contributed by atoms with Crippen molar-refractivity contribution >= 4 is 29.1 Å². The van der Waals surface area contributed by atoms with Crippen molar-refractivity contribution < 1.29 is 14.4 Å². The zero-order valence-corrected chi connectivity index (χ0v) is 16.0. The van der Waals surface area contributed by atoms with Crippen LogP contribution in [0.1, 0.15) is 33.1 Å². The van der Waals surface area contributed by atoms with Crippen LogP contribution in [0, 0.1) is 11.8 Å². The van der Waals surface area contributed by atoms with Crippen molar-refractivity contribution in [2.24, 2.45) is 11.8 Å². The van der Waals surface area contributed by atoms with E-state index in [4.69, 9.17) is 0 Å². The zero-order valence-electron chi connectivity index (χ0n) is 16.0. The number of likely N-dealkylation sites (tertiary alicyclic amines) is 1. The van der Waals surface area contributed by atoms with Gasteiger partial charge >= 0.3 is 0 Å². The molecule has 0 radical (unpaired) electrons. The second-order valence-electron chi connectivity index (χ2n) is 7.00. The summed E-state index contributed by atoms with van der Waals surface area (Å²) in [6, 6.07) is 7.71. The molecule has 1 N–H and O–H groups in total. The first-order valence-electron chi connectivity index (χ1n) is 9.70. The van der Waals surface area contributed by atoms with Gasteiger partial charge in [-0.1, -0.05) is 12.2 Å². The predicted octanol–water partition coefficient (Wildman–Crippen LogP) is 2.81. The molecule has 1 aliphatic heterocycles. The van der Waals surface area contributed by atoms with Gasteiger partial charge in [-0.15, -0.1) is 0 Å². The molecule has 0 unspecified atom stereocenters. The number of anilines is 2. The molecule has 3 amide bonds. The number of imide groups is 1. The van der Waals surface area contributed by atoms with Crippen molar-refractivity contribution in [1.82, 2.24) is 4.90 Å². The highest BCUT2D eigenvalue weighted by Crippen LogP contribution is 2.35. The third-order valence-corrected chi connectivity index (χ3v) is 5.44. The monoisotopic (exact) mass is 369 g/mol. The van der Waals surface area contributed by atoms with Gasteiger partial charge in [0.1, 0.15) is 0 Å². The molecule has 0 saturated carbocycles. The second-order valence-corrected chi connectivity index (χ2v) is 7.00. The molecular formula is C21H27N3O3. The van der Waals surface area contributed by atoms with Crippen LogP contribution in [0.4, 0.5) is 11.4 Å². The van der Waals surface area contributed by atoms with Crippen LogP contribution in [0.2, 0.25) is 0 Å². The fourth-order valence-electron chi connectivity index (χ4n) is 3.87. The number of fused-ring (bicyclic) bond motifs is 1. The van der Waals surface area contributed by atoms with E-state index in [1.165, 1.54) is 4.90 Å². The van der Waals surface area contributed by atoms with Crippen molar-refractivity contribution in [3.8, 4) is 0 Å². The lowest BCUT2D eigenvalue weighted by Crippen LogP contribution is -2.34. The number of allylic oxidation sites excluding steroid dienone is 2. The Kier molecular flexibility index (Phi) is 5.94. The summed E-state index contributed by atoms with van der Waals surface area (Å²) < 4.78 is 0. The Morgan fingerprint density at radius 3 is 2.11 bits per heavy atom. The largest absolute Gasteiger partial charge is 0.372 e. The number of amides is 3. The topological polar surface area (TPSA) is 69.7 Å². The minimum atomic E-state index is -0.238. The SMILES string of the molecule is CCN(CC)c1ccc(NC(=O)CCN2C(=O)[C@@H]3CC=CC[C@H]3C2=O)cc1. The van der Waals surface area contributed by atoms with Crippen LogP contribution in [0.3, 0.4) is 0 Å². The summed E-state index contributed by atoms with van der Waals surface area (Å²) in [4.78, 5) is 40.6. The lowest BCUT2D eigenvalue weighted by Gasteiger charge is -2.21. The highest BCUT2D eigenvalue weighted by molar-refractivity contribution is 6.05. The predicted molar refractivity (Wildman–Crippen MR) is 105 cm³/mol. The van der Waals surface area contributed by atoms with Crippen molar-refractivity contribution in [3.63, 3.8) is 0 Å². The van der Waals surface area contributed by atoms with Gasteiger partial charge in [-0.05, 0) is 51.0 Å². The van der Waals surface area contributed by atoms with E-state index < -0.39 is 0 Å². The van der Waals surface area contributed by atoms with E-state index >= 15 is 0 Å². The van der Waals surface area contributed by atoms with E-state index in [1.54, 1.807) is 0 Å². The van der Waals surface area contributed by atoms with Gasteiger partial charge in [0, 0.05) is 37.4 Å². The Hall–Kier alpha value is -2.63. The second kappa shape index (κ2) is 8.37. The molecular weight excluding hydrogens is 342 g/mol. The van der Waals surface area contributed by atoms with E-state index in [0.717, 1.165) is 18.8 Å². The number of carbonyl (C=O) groups is 3. The Morgan fingerprint density at radius 1 is 1.04 bits per heavy atom. The first-order chi connectivity index (χ1) is 13.0. The van der Waals surface area contributed by atoms with Gasteiger partial charge in [0.15, 0.2) is 0 Å². The Labute approximate surface area is 160 Å². The van der Waals surface area contributed by atoms with E-state index in [2.05, 4.69) is 24.1 Å². The Morgan fingerprint density at radius 2 is 1.59 bits per heavy atom. The third kappa shape index (κ3) is 4.04. The molecule has 0 aromatic heterocycles. The number of carbonyl (C=O) groups excluding carboxylic acids is 3. The minimum absolute atomic E-state index is 0.113. The summed E-state index contributed by atoms with van der Waals surface area (Å²) >= 11 is 0. The molecule has 1 heterocycles. The van der Waals surface area contributed by atoms with Crippen LogP contribution in [0.25, 0.3) is 0 Å².